The van der Waals surface area contributed by atoms with Crippen molar-refractivity contribution in [2.45, 2.75) is 39.7 Å². The highest BCUT2D eigenvalue weighted by Crippen LogP contribution is 2.36. The minimum atomic E-state index is -0.351. The second-order valence-electron chi connectivity index (χ2n) is 6.66. The van der Waals surface area contributed by atoms with Gasteiger partial charge in [0.2, 0.25) is 5.89 Å². The number of ether oxygens (including phenoxy) is 2. The Balaban J connectivity index is 1.96. The molecule has 1 aromatic heterocycles. The summed E-state index contributed by atoms with van der Waals surface area (Å²) < 4.78 is 16.8. The normalized spacial score (nSPS) is 11.0. The van der Waals surface area contributed by atoms with E-state index in [0.29, 0.717) is 39.9 Å². The van der Waals surface area contributed by atoms with Gasteiger partial charge in [-0.1, -0.05) is 25.9 Å². The lowest BCUT2D eigenvalue weighted by atomic mass is 9.97. The minimum Gasteiger partial charge on any atom is -0.490 e. The molecule has 1 N–H and O–H groups in total. The number of amides is 1. The summed E-state index contributed by atoms with van der Waals surface area (Å²) in [5.41, 5.74) is 0.171. The van der Waals surface area contributed by atoms with Gasteiger partial charge in [-0.25, -0.2) is 0 Å². The topological polar surface area (TPSA) is 110 Å². The van der Waals surface area contributed by atoms with Crippen molar-refractivity contribution >= 4 is 21.8 Å². The highest BCUT2D eigenvalue weighted by molar-refractivity contribution is 9.10. The molecule has 2 aromatic rings. The molecule has 0 radical (unpaired) electrons. The Morgan fingerprint density at radius 2 is 2.11 bits per heavy atom. The number of nitriles is 1. The van der Waals surface area contributed by atoms with E-state index in [1.807, 2.05) is 33.8 Å². The van der Waals surface area contributed by atoms with Gasteiger partial charge >= 0.3 is 0 Å². The van der Waals surface area contributed by atoms with Crippen LogP contribution in [0.4, 0.5) is 0 Å². The molecular formula is C18H21BrN4O4. The van der Waals surface area contributed by atoms with Crippen molar-refractivity contribution in [2.24, 2.45) is 0 Å². The third-order valence-corrected chi connectivity index (χ3v) is 3.93. The fourth-order valence-electron chi connectivity index (χ4n) is 2.03. The quantitative estimate of drug-likeness (QED) is 0.709. The van der Waals surface area contributed by atoms with E-state index in [2.05, 4.69) is 31.4 Å². The first-order chi connectivity index (χ1) is 12.7. The summed E-state index contributed by atoms with van der Waals surface area (Å²) in [6.07, 6.45) is 0. The first kappa shape index (κ1) is 20.7. The van der Waals surface area contributed by atoms with E-state index in [0.717, 1.165) is 0 Å². The van der Waals surface area contributed by atoms with Crippen LogP contribution in [0.1, 0.15) is 45.0 Å². The van der Waals surface area contributed by atoms with Gasteiger partial charge in [0.15, 0.2) is 23.9 Å². The third-order valence-electron chi connectivity index (χ3n) is 3.34. The summed E-state index contributed by atoms with van der Waals surface area (Å²) in [6.45, 7) is 8.01. The van der Waals surface area contributed by atoms with Gasteiger partial charge in [-0.15, -0.1) is 0 Å². The standard InChI is InChI=1S/C18H21BrN4O4/c1-5-25-13-7-11(8-20)6-12(19)16(13)26-10-15(24)21-9-14-22-17(27-23-14)18(2,3)4/h6-7H,5,9-10H2,1-4H3,(H,21,24). The maximum absolute atomic E-state index is 12.1. The van der Waals surface area contributed by atoms with Crippen molar-refractivity contribution in [3.05, 3.63) is 33.9 Å². The first-order valence-corrected chi connectivity index (χ1v) is 9.13. The van der Waals surface area contributed by atoms with Gasteiger partial charge in [0.1, 0.15) is 0 Å². The second kappa shape index (κ2) is 8.86. The summed E-state index contributed by atoms with van der Waals surface area (Å²) in [5.74, 6) is 1.30. The Morgan fingerprint density at radius 1 is 1.37 bits per heavy atom. The van der Waals surface area contributed by atoms with E-state index in [4.69, 9.17) is 19.3 Å². The lowest BCUT2D eigenvalue weighted by Gasteiger charge is -2.13. The van der Waals surface area contributed by atoms with Gasteiger partial charge in [-0.2, -0.15) is 10.2 Å². The van der Waals surface area contributed by atoms with Crippen LogP contribution >= 0.6 is 15.9 Å². The van der Waals surface area contributed by atoms with Crippen LogP contribution in [0, 0.1) is 11.3 Å². The molecule has 8 nitrogen and oxygen atoms in total. The molecular weight excluding hydrogens is 416 g/mol. The number of hydrogen-bond donors (Lipinski definition) is 1. The number of halogens is 1. The fourth-order valence-corrected chi connectivity index (χ4v) is 2.59. The number of nitrogens with one attached hydrogen (secondary N) is 1. The number of rotatable bonds is 7. The molecule has 0 aliphatic rings. The Kier molecular flexibility index (Phi) is 6.80. The molecule has 1 amide bonds. The Morgan fingerprint density at radius 3 is 2.70 bits per heavy atom. The Bertz CT molecular complexity index is 852. The van der Waals surface area contributed by atoms with Crippen molar-refractivity contribution in [2.75, 3.05) is 13.2 Å². The van der Waals surface area contributed by atoms with Crippen LogP contribution in [0.3, 0.4) is 0 Å². The molecule has 0 fully saturated rings. The lowest BCUT2D eigenvalue weighted by Crippen LogP contribution is -2.29. The maximum Gasteiger partial charge on any atom is 0.258 e. The third kappa shape index (κ3) is 5.69. The fraction of sp³-hybridized carbons (Fsp3) is 0.444. The predicted molar refractivity (Wildman–Crippen MR) is 100 cm³/mol. The van der Waals surface area contributed by atoms with Crippen LogP contribution in [0.15, 0.2) is 21.1 Å². The molecule has 9 heteroatoms. The smallest absolute Gasteiger partial charge is 0.258 e. The molecule has 0 aliphatic carbocycles. The Hall–Kier alpha value is -2.60. The van der Waals surface area contributed by atoms with Gasteiger partial charge in [-0.05, 0) is 28.9 Å². The summed E-state index contributed by atoms with van der Waals surface area (Å²) in [6, 6.07) is 5.21. The van der Waals surface area contributed by atoms with Crippen molar-refractivity contribution < 1.29 is 18.8 Å². The summed E-state index contributed by atoms with van der Waals surface area (Å²) in [7, 11) is 0. The molecule has 0 saturated heterocycles. The van der Waals surface area contributed by atoms with Crippen molar-refractivity contribution in [3.63, 3.8) is 0 Å². The monoisotopic (exact) mass is 436 g/mol. The summed E-state index contributed by atoms with van der Waals surface area (Å²) >= 11 is 3.34. The van der Waals surface area contributed by atoms with Crippen LogP contribution in [0.25, 0.3) is 0 Å². The van der Waals surface area contributed by atoms with Gasteiger partial charge < -0.3 is 19.3 Å². The predicted octanol–water partition coefficient (Wildman–Crippen LogP) is 3.10. The summed E-state index contributed by atoms with van der Waals surface area (Å²) in [4.78, 5) is 16.3. The second-order valence-corrected chi connectivity index (χ2v) is 7.52. The molecule has 0 unspecified atom stereocenters. The van der Waals surface area contributed by atoms with Gasteiger partial charge in [0.25, 0.3) is 5.91 Å². The zero-order valence-corrected chi connectivity index (χ0v) is 17.2. The van der Waals surface area contributed by atoms with Crippen LogP contribution in [0.2, 0.25) is 0 Å². The Labute approximate surface area is 166 Å². The number of hydrogen-bond acceptors (Lipinski definition) is 7. The number of nitrogens with zero attached hydrogens (tertiary/aromatic N) is 3. The molecule has 0 spiro atoms. The molecule has 0 saturated carbocycles. The number of benzene rings is 1. The lowest BCUT2D eigenvalue weighted by molar-refractivity contribution is -0.123. The average molecular weight is 437 g/mol. The molecule has 0 atom stereocenters. The zero-order valence-electron chi connectivity index (χ0n) is 15.6. The number of carbonyl (C=O) groups excluding carboxylic acids is 1. The van der Waals surface area contributed by atoms with E-state index in [1.54, 1.807) is 12.1 Å². The number of aromatic nitrogens is 2. The average Bonchev–Trinajstić information content (AvgIpc) is 3.08. The van der Waals surface area contributed by atoms with E-state index in [1.165, 1.54) is 0 Å². The number of carbonyl (C=O) groups is 1. The first-order valence-electron chi connectivity index (χ1n) is 8.33. The SMILES string of the molecule is CCOc1cc(C#N)cc(Br)c1OCC(=O)NCc1noc(C(C)(C)C)n1. The highest BCUT2D eigenvalue weighted by atomic mass is 79.9. The van der Waals surface area contributed by atoms with Gasteiger partial charge in [-0.3, -0.25) is 4.79 Å². The molecule has 27 heavy (non-hydrogen) atoms. The molecule has 0 bridgehead atoms. The maximum atomic E-state index is 12.1. The van der Waals surface area contributed by atoms with Crippen LogP contribution < -0.4 is 14.8 Å². The summed E-state index contributed by atoms with van der Waals surface area (Å²) in [5, 5.41) is 15.6. The molecule has 1 aromatic carbocycles. The van der Waals surface area contributed by atoms with E-state index < -0.39 is 0 Å². The van der Waals surface area contributed by atoms with Gasteiger partial charge in [0, 0.05) is 11.5 Å². The molecule has 1 heterocycles. The van der Waals surface area contributed by atoms with Gasteiger partial charge in [0.05, 0.1) is 29.3 Å². The molecule has 144 valence electrons. The van der Waals surface area contributed by atoms with Crippen LogP contribution in [0.5, 0.6) is 11.5 Å². The molecule has 2 rings (SSSR count). The van der Waals surface area contributed by atoms with E-state index >= 15 is 0 Å². The van der Waals surface area contributed by atoms with E-state index in [-0.39, 0.29) is 24.5 Å². The van der Waals surface area contributed by atoms with Crippen LogP contribution in [-0.2, 0) is 16.8 Å². The minimum absolute atomic E-state index is 0.134. The zero-order chi connectivity index (χ0) is 20.0. The van der Waals surface area contributed by atoms with Crippen molar-refractivity contribution in [1.82, 2.24) is 15.5 Å². The van der Waals surface area contributed by atoms with Crippen molar-refractivity contribution in [3.8, 4) is 17.6 Å². The van der Waals surface area contributed by atoms with E-state index in [9.17, 15) is 4.79 Å². The van der Waals surface area contributed by atoms with Crippen LogP contribution in [-0.4, -0.2) is 29.3 Å². The largest absolute Gasteiger partial charge is 0.490 e. The van der Waals surface area contributed by atoms with Crippen molar-refractivity contribution in [1.29, 1.82) is 5.26 Å². The highest BCUT2D eigenvalue weighted by Gasteiger charge is 2.22. The molecule has 0 aliphatic heterocycles.